The number of hydrogen-bond acceptors (Lipinski definition) is 4. The van der Waals surface area contributed by atoms with Crippen molar-refractivity contribution in [3.05, 3.63) is 22.4 Å². The Morgan fingerprint density at radius 3 is 3.06 bits per heavy atom. The van der Waals surface area contributed by atoms with Gasteiger partial charge >= 0.3 is 5.97 Å². The second-order valence-corrected chi connectivity index (χ2v) is 5.13. The van der Waals surface area contributed by atoms with Crippen LogP contribution in [0.25, 0.3) is 0 Å². The average molecular weight is 267 g/mol. The van der Waals surface area contributed by atoms with Crippen LogP contribution in [0, 0.1) is 5.92 Å². The Morgan fingerprint density at radius 1 is 1.56 bits per heavy atom. The molecule has 2 heterocycles. The molecule has 2 rings (SSSR count). The van der Waals surface area contributed by atoms with Crippen molar-refractivity contribution in [1.29, 1.82) is 0 Å². The molecule has 4 nitrogen and oxygen atoms in total. The van der Waals surface area contributed by atoms with Gasteiger partial charge in [0.2, 0.25) is 0 Å². The molecule has 1 amide bonds. The van der Waals surface area contributed by atoms with Gasteiger partial charge in [0.05, 0.1) is 18.1 Å². The third-order valence-electron chi connectivity index (χ3n) is 3.10. The lowest BCUT2D eigenvalue weighted by atomic mass is 9.98. The molecule has 5 heteroatoms. The summed E-state index contributed by atoms with van der Waals surface area (Å²) in [5.74, 6) is -0.327. The first kappa shape index (κ1) is 13.1. The Balaban J connectivity index is 1.98. The van der Waals surface area contributed by atoms with Gasteiger partial charge in [0.1, 0.15) is 0 Å². The highest BCUT2D eigenvalue weighted by atomic mass is 32.1. The number of carbonyl (C=O) groups is 2. The summed E-state index contributed by atoms with van der Waals surface area (Å²) in [5, 5.41) is 3.73. The number of amides is 1. The van der Waals surface area contributed by atoms with E-state index >= 15 is 0 Å². The standard InChI is InChI=1S/C13H17NO3S/c1-2-17-13(16)10-4-3-6-14(8-10)12(15)11-5-7-18-9-11/h5,7,9-10H,2-4,6,8H2,1H3/t10-/m1/s1. The van der Waals surface area contributed by atoms with Crippen molar-refractivity contribution in [2.45, 2.75) is 19.8 Å². The highest BCUT2D eigenvalue weighted by Crippen LogP contribution is 2.20. The van der Waals surface area contributed by atoms with Crippen molar-refractivity contribution in [3.8, 4) is 0 Å². The Bertz CT molecular complexity index is 416. The Morgan fingerprint density at radius 2 is 2.39 bits per heavy atom. The predicted octanol–water partition coefficient (Wildman–Crippen LogP) is 2.16. The molecule has 1 atom stereocenters. The second-order valence-electron chi connectivity index (χ2n) is 4.35. The van der Waals surface area contributed by atoms with Crippen molar-refractivity contribution in [3.63, 3.8) is 0 Å². The first-order valence-electron chi connectivity index (χ1n) is 6.20. The van der Waals surface area contributed by atoms with Gasteiger partial charge in [-0.3, -0.25) is 9.59 Å². The maximum atomic E-state index is 12.2. The molecule has 0 N–H and O–H groups in total. The Kier molecular flexibility index (Phi) is 4.36. The van der Waals surface area contributed by atoms with Crippen LogP contribution in [0.3, 0.4) is 0 Å². The second kappa shape index (κ2) is 6.00. The molecular weight excluding hydrogens is 250 g/mol. The molecule has 0 bridgehead atoms. The van der Waals surface area contributed by atoms with E-state index in [1.54, 1.807) is 11.8 Å². The quantitative estimate of drug-likeness (QED) is 0.788. The van der Waals surface area contributed by atoms with Crippen molar-refractivity contribution >= 4 is 23.2 Å². The van der Waals surface area contributed by atoms with Crippen LogP contribution in [0.4, 0.5) is 0 Å². The molecule has 0 unspecified atom stereocenters. The van der Waals surface area contributed by atoms with Crippen molar-refractivity contribution in [2.24, 2.45) is 5.92 Å². The molecule has 1 aliphatic heterocycles. The van der Waals surface area contributed by atoms with Crippen LogP contribution in [0.2, 0.25) is 0 Å². The van der Waals surface area contributed by atoms with Gasteiger partial charge in [-0.2, -0.15) is 11.3 Å². The van der Waals surface area contributed by atoms with E-state index in [1.807, 2.05) is 16.8 Å². The fourth-order valence-corrected chi connectivity index (χ4v) is 2.81. The van der Waals surface area contributed by atoms with Crippen LogP contribution in [-0.4, -0.2) is 36.5 Å². The summed E-state index contributed by atoms with van der Waals surface area (Å²) in [6.07, 6.45) is 1.67. The van der Waals surface area contributed by atoms with Crippen LogP contribution < -0.4 is 0 Å². The fourth-order valence-electron chi connectivity index (χ4n) is 2.18. The van der Waals surface area contributed by atoms with Gasteiger partial charge < -0.3 is 9.64 Å². The van der Waals surface area contributed by atoms with E-state index in [4.69, 9.17) is 4.74 Å². The van der Waals surface area contributed by atoms with E-state index in [9.17, 15) is 9.59 Å². The van der Waals surface area contributed by atoms with Gasteiger partial charge in [0, 0.05) is 18.5 Å². The van der Waals surface area contributed by atoms with Gasteiger partial charge in [0.15, 0.2) is 0 Å². The zero-order valence-electron chi connectivity index (χ0n) is 10.4. The molecule has 1 aromatic heterocycles. The molecule has 1 aromatic rings. The number of esters is 1. The Hall–Kier alpha value is -1.36. The average Bonchev–Trinajstić information content (AvgIpc) is 2.92. The number of carbonyl (C=O) groups excluding carboxylic acids is 2. The number of nitrogens with zero attached hydrogens (tertiary/aromatic N) is 1. The van der Waals surface area contributed by atoms with Crippen LogP contribution in [0.1, 0.15) is 30.1 Å². The molecular formula is C13H17NO3S. The van der Waals surface area contributed by atoms with Crippen LogP contribution in [-0.2, 0) is 9.53 Å². The van der Waals surface area contributed by atoms with Crippen LogP contribution in [0.5, 0.6) is 0 Å². The molecule has 1 aliphatic rings. The van der Waals surface area contributed by atoms with Crippen molar-refractivity contribution < 1.29 is 14.3 Å². The molecule has 0 radical (unpaired) electrons. The minimum atomic E-state index is -0.180. The zero-order valence-corrected chi connectivity index (χ0v) is 11.2. The number of likely N-dealkylation sites (tertiary alicyclic amines) is 1. The minimum absolute atomic E-state index is 0.0187. The van der Waals surface area contributed by atoms with Crippen molar-refractivity contribution in [1.82, 2.24) is 4.90 Å². The van der Waals surface area contributed by atoms with E-state index < -0.39 is 0 Å². The van der Waals surface area contributed by atoms with Gasteiger partial charge in [-0.15, -0.1) is 0 Å². The van der Waals surface area contributed by atoms with E-state index in [-0.39, 0.29) is 17.8 Å². The monoisotopic (exact) mass is 267 g/mol. The molecule has 0 aromatic carbocycles. The molecule has 1 saturated heterocycles. The maximum absolute atomic E-state index is 12.2. The van der Waals surface area contributed by atoms with Gasteiger partial charge in [-0.1, -0.05) is 0 Å². The third kappa shape index (κ3) is 2.90. The zero-order chi connectivity index (χ0) is 13.0. The largest absolute Gasteiger partial charge is 0.466 e. The molecule has 0 aliphatic carbocycles. The number of ether oxygens (including phenoxy) is 1. The van der Waals surface area contributed by atoms with Gasteiger partial charge in [-0.05, 0) is 31.2 Å². The first-order chi connectivity index (χ1) is 8.72. The summed E-state index contributed by atoms with van der Waals surface area (Å²) in [6, 6.07) is 1.82. The van der Waals surface area contributed by atoms with E-state index in [2.05, 4.69) is 0 Å². The number of piperidine rings is 1. The van der Waals surface area contributed by atoms with Crippen LogP contribution in [0.15, 0.2) is 16.8 Å². The SMILES string of the molecule is CCOC(=O)[C@@H]1CCCN(C(=O)c2ccsc2)C1. The lowest BCUT2D eigenvalue weighted by Gasteiger charge is -2.31. The topological polar surface area (TPSA) is 46.6 Å². The summed E-state index contributed by atoms with van der Waals surface area (Å²) in [5.41, 5.74) is 0.713. The Labute approximate surface area is 111 Å². The number of hydrogen-bond donors (Lipinski definition) is 0. The molecule has 1 fully saturated rings. The van der Waals surface area contributed by atoms with Crippen LogP contribution >= 0.6 is 11.3 Å². The fraction of sp³-hybridized carbons (Fsp3) is 0.538. The molecule has 0 saturated carbocycles. The van der Waals surface area contributed by atoms with Gasteiger partial charge in [-0.25, -0.2) is 0 Å². The normalized spacial score (nSPS) is 19.6. The first-order valence-corrected chi connectivity index (χ1v) is 7.14. The summed E-state index contributed by atoms with van der Waals surface area (Å²) < 4.78 is 5.03. The van der Waals surface area contributed by atoms with E-state index in [1.165, 1.54) is 11.3 Å². The molecule has 18 heavy (non-hydrogen) atoms. The number of rotatable bonds is 3. The highest BCUT2D eigenvalue weighted by Gasteiger charge is 2.29. The highest BCUT2D eigenvalue weighted by molar-refractivity contribution is 7.08. The predicted molar refractivity (Wildman–Crippen MR) is 69.6 cm³/mol. The minimum Gasteiger partial charge on any atom is -0.466 e. The molecule has 0 spiro atoms. The lowest BCUT2D eigenvalue weighted by molar-refractivity contribution is -0.149. The smallest absolute Gasteiger partial charge is 0.310 e. The van der Waals surface area contributed by atoms with E-state index in [0.29, 0.717) is 18.7 Å². The van der Waals surface area contributed by atoms with Gasteiger partial charge in [0.25, 0.3) is 5.91 Å². The maximum Gasteiger partial charge on any atom is 0.310 e. The summed E-state index contributed by atoms with van der Waals surface area (Å²) in [6.45, 7) is 3.40. The number of thiophene rings is 1. The summed E-state index contributed by atoms with van der Waals surface area (Å²) in [4.78, 5) is 25.6. The lowest BCUT2D eigenvalue weighted by Crippen LogP contribution is -2.42. The van der Waals surface area contributed by atoms with Crippen molar-refractivity contribution in [2.75, 3.05) is 19.7 Å². The van der Waals surface area contributed by atoms with E-state index in [0.717, 1.165) is 19.4 Å². The third-order valence-corrected chi connectivity index (χ3v) is 3.78. The molecule has 98 valence electrons. The summed E-state index contributed by atoms with van der Waals surface area (Å²) >= 11 is 1.51. The summed E-state index contributed by atoms with van der Waals surface area (Å²) in [7, 11) is 0.